The van der Waals surface area contributed by atoms with Crippen LogP contribution in [0.5, 0.6) is 0 Å². The predicted octanol–water partition coefficient (Wildman–Crippen LogP) is 3.26. The summed E-state index contributed by atoms with van der Waals surface area (Å²) in [5, 5.41) is 13.4. The third kappa shape index (κ3) is 3.18. The van der Waals surface area contributed by atoms with Crippen molar-refractivity contribution in [3.8, 4) is 0 Å². The zero-order valence-corrected chi connectivity index (χ0v) is 14.1. The fraction of sp³-hybridized carbons (Fsp3) is 0.353. The predicted molar refractivity (Wildman–Crippen MR) is 95.3 cm³/mol. The van der Waals surface area contributed by atoms with Crippen molar-refractivity contribution in [3.63, 3.8) is 0 Å². The SMILES string of the molecule is O=C(Nc1nc(CN2CCCCC2)cs1)c1cccc2cn[nH]c12. The minimum atomic E-state index is -0.163. The third-order valence-corrected chi connectivity index (χ3v) is 5.13. The van der Waals surface area contributed by atoms with Crippen molar-refractivity contribution in [1.29, 1.82) is 0 Å². The highest BCUT2D eigenvalue weighted by Crippen LogP contribution is 2.21. The van der Waals surface area contributed by atoms with Crippen LogP contribution in [0.4, 0.5) is 5.13 Å². The van der Waals surface area contributed by atoms with Gasteiger partial charge in [0, 0.05) is 17.3 Å². The van der Waals surface area contributed by atoms with Gasteiger partial charge in [0.15, 0.2) is 5.13 Å². The zero-order chi connectivity index (χ0) is 16.4. The van der Waals surface area contributed by atoms with Crippen LogP contribution in [0.3, 0.4) is 0 Å². The second kappa shape index (κ2) is 6.70. The number of rotatable bonds is 4. The molecule has 0 aliphatic carbocycles. The number of benzene rings is 1. The van der Waals surface area contributed by atoms with Gasteiger partial charge in [0.05, 0.1) is 23.0 Å². The zero-order valence-electron chi connectivity index (χ0n) is 13.3. The van der Waals surface area contributed by atoms with E-state index in [1.165, 1.54) is 30.6 Å². The van der Waals surface area contributed by atoms with Gasteiger partial charge in [0.2, 0.25) is 0 Å². The highest BCUT2D eigenvalue weighted by molar-refractivity contribution is 7.14. The molecule has 2 N–H and O–H groups in total. The topological polar surface area (TPSA) is 73.9 Å². The molecule has 1 aromatic carbocycles. The quantitative estimate of drug-likeness (QED) is 0.764. The first-order valence-corrected chi connectivity index (χ1v) is 9.08. The Morgan fingerprint density at radius 3 is 3.04 bits per heavy atom. The molecule has 0 spiro atoms. The number of thiazole rings is 1. The number of hydrogen-bond donors (Lipinski definition) is 2. The highest BCUT2D eigenvalue weighted by Gasteiger charge is 2.15. The normalized spacial score (nSPS) is 15.7. The summed E-state index contributed by atoms with van der Waals surface area (Å²) in [6.45, 7) is 3.14. The molecule has 4 rings (SSSR count). The second-order valence-corrected chi connectivity index (χ2v) is 6.93. The van der Waals surface area contributed by atoms with E-state index >= 15 is 0 Å². The summed E-state index contributed by atoms with van der Waals surface area (Å²) in [4.78, 5) is 19.5. The van der Waals surface area contributed by atoms with Gasteiger partial charge >= 0.3 is 0 Å². The van der Waals surface area contributed by atoms with Crippen LogP contribution in [-0.2, 0) is 6.54 Å². The number of aromatic amines is 1. The smallest absolute Gasteiger partial charge is 0.259 e. The molecule has 1 amide bonds. The molecule has 6 nitrogen and oxygen atoms in total. The second-order valence-electron chi connectivity index (χ2n) is 6.07. The number of carbonyl (C=O) groups excluding carboxylic acids is 1. The van der Waals surface area contributed by atoms with Crippen molar-refractivity contribution >= 4 is 33.3 Å². The molecule has 0 atom stereocenters. The van der Waals surface area contributed by atoms with Gasteiger partial charge in [-0.3, -0.25) is 20.1 Å². The first kappa shape index (κ1) is 15.3. The van der Waals surface area contributed by atoms with Gasteiger partial charge in [0.25, 0.3) is 5.91 Å². The van der Waals surface area contributed by atoms with Gasteiger partial charge in [-0.2, -0.15) is 5.10 Å². The average Bonchev–Trinajstić information content (AvgIpc) is 3.24. The lowest BCUT2D eigenvalue weighted by atomic mass is 10.1. The van der Waals surface area contributed by atoms with Crippen LogP contribution in [-0.4, -0.2) is 39.1 Å². The van der Waals surface area contributed by atoms with E-state index in [0.29, 0.717) is 10.7 Å². The summed E-state index contributed by atoms with van der Waals surface area (Å²) < 4.78 is 0. The van der Waals surface area contributed by atoms with Crippen LogP contribution in [0.1, 0.15) is 35.3 Å². The minimum absolute atomic E-state index is 0.163. The minimum Gasteiger partial charge on any atom is -0.298 e. The molecule has 7 heteroatoms. The summed E-state index contributed by atoms with van der Waals surface area (Å²) in [5.74, 6) is -0.163. The number of nitrogens with zero attached hydrogens (tertiary/aromatic N) is 3. The monoisotopic (exact) mass is 341 g/mol. The molecule has 1 aliphatic rings. The van der Waals surface area contributed by atoms with E-state index in [0.717, 1.165) is 36.2 Å². The molecule has 0 unspecified atom stereocenters. The number of carbonyl (C=O) groups is 1. The lowest BCUT2D eigenvalue weighted by molar-refractivity contribution is 0.102. The van der Waals surface area contributed by atoms with E-state index in [1.54, 1.807) is 12.3 Å². The molecule has 3 aromatic rings. The number of amides is 1. The van der Waals surface area contributed by atoms with Gasteiger partial charge < -0.3 is 0 Å². The van der Waals surface area contributed by atoms with Crippen molar-refractivity contribution < 1.29 is 4.79 Å². The molecule has 1 saturated heterocycles. The van der Waals surface area contributed by atoms with Crippen LogP contribution < -0.4 is 5.32 Å². The summed E-state index contributed by atoms with van der Waals surface area (Å²) >= 11 is 1.47. The summed E-state index contributed by atoms with van der Waals surface area (Å²) in [7, 11) is 0. The Balaban J connectivity index is 1.45. The van der Waals surface area contributed by atoms with Crippen LogP contribution in [0, 0.1) is 0 Å². The number of hydrogen-bond acceptors (Lipinski definition) is 5. The van der Waals surface area contributed by atoms with Crippen molar-refractivity contribution in [1.82, 2.24) is 20.1 Å². The van der Waals surface area contributed by atoms with Gasteiger partial charge in [0.1, 0.15) is 0 Å². The van der Waals surface area contributed by atoms with E-state index in [1.807, 2.05) is 17.5 Å². The van der Waals surface area contributed by atoms with E-state index in [4.69, 9.17) is 0 Å². The first-order valence-electron chi connectivity index (χ1n) is 8.20. The Morgan fingerprint density at radius 2 is 2.17 bits per heavy atom. The van der Waals surface area contributed by atoms with E-state index < -0.39 is 0 Å². The van der Waals surface area contributed by atoms with Crippen LogP contribution >= 0.6 is 11.3 Å². The van der Waals surface area contributed by atoms with Crippen molar-refractivity contribution in [2.75, 3.05) is 18.4 Å². The standard InChI is InChI=1S/C17H19N5OS/c23-16(14-6-4-5-12-9-18-21-15(12)14)20-17-19-13(11-24-17)10-22-7-2-1-3-8-22/h4-6,9,11H,1-3,7-8,10H2,(H,18,21)(H,19,20,23). The summed E-state index contributed by atoms with van der Waals surface area (Å²) in [6.07, 6.45) is 5.57. The molecular formula is C17H19N5OS. The maximum atomic E-state index is 12.5. The Labute approximate surface area is 143 Å². The maximum Gasteiger partial charge on any atom is 0.259 e. The molecule has 0 saturated carbocycles. The molecule has 0 radical (unpaired) electrons. The first-order chi connectivity index (χ1) is 11.8. The number of para-hydroxylation sites is 1. The van der Waals surface area contributed by atoms with Gasteiger partial charge in [-0.05, 0) is 32.0 Å². The molecule has 24 heavy (non-hydrogen) atoms. The lowest BCUT2D eigenvalue weighted by Gasteiger charge is -2.25. The van der Waals surface area contributed by atoms with Gasteiger partial charge in [-0.25, -0.2) is 4.98 Å². The fourth-order valence-electron chi connectivity index (χ4n) is 3.11. The highest BCUT2D eigenvalue weighted by atomic mass is 32.1. The number of anilines is 1. The summed E-state index contributed by atoms with van der Waals surface area (Å²) in [6, 6.07) is 5.57. The number of H-pyrrole nitrogens is 1. The van der Waals surface area contributed by atoms with Gasteiger partial charge in [-0.1, -0.05) is 18.6 Å². The molecule has 124 valence electrons. The Kier molecular flexibility index (Phi) is 4.27. The van der Waals surface area contributed by atoms with E-state index in [-0.39, 0.29) is 5.91 Å². The molecule has 0 bridgehead atoms. The molecule has 2 aromatic heterocycles. The number of fused-ring (bicyclic) bond motifs is 1. The van der Waals surface area contributed by atoms with Crippen molar-refractivity contribution in [2.24, 2.45) is 0 Å². The molecule has 1 aliphatic heterocycles. The summed E-state index contributed by atoms with van der Waals surface area (Å²) in [5.41, 5.74) is 2.36. The lowest BCUT2D eigenvalue weighted by Crippen LogP contribution is -2.29. The number of nitrogens with one attached hydrogen (secondary N) is 2. The number of likely N-dealkylation sites (tertiary alicyclic amines) is 1. The van der Waals surface area contributed by atoms with E-state index in [2.05, 4.69) is 25.4 Å². The van der Waals surface area contributed by atoms with Crippen molar-refractivity contribution in [3.05, 3.63) is 41.0 Å². The number of piperidine rings is 1. The number of aromatic nitrogens is 3. The largest absolute Gasteiger partial charge is 0.298 e. The van der Waals surface area contributed by atoms with Crippen LogP contribution in [0.2, 0.25) is 0 Å². The van der Waals surface area contributed by atoms with Crippen LogP contribution in [0.15, 0.2) is 29.8 Å². The fourth-order valence-corrected chi connectivity index (χ4v) is 3.80. The third-order valence-electron chi connectivity index (χ3n) is 4.33. The van der Waals surface area contributed by atoms with Crippen molar-refractivity contribution in [2.45, 2.75) is 25.8 Å². The molecule has 1 fully saturated rings. The average molecular weight is 341 g/mol. The van der Waals surface area contributed by atoms with Gasteiger partial charge in [-0.15, -0.1) is 11.3 Å². The maximum absolute atomic E-state index is 12.5. The Morgan fingerprint density at radius 1 is 1.29 bits per heavy atom. The molecular weight excluding hydrogens is 322 g/mol. The Hall–Kier alpha value is -2.25. The Bertz CT molecular complexity index is 849. The van der Waals surface area contributed by atoms with E-state index in [9.17, 15) is 4.79 Å². The molecule has 3 heterocycles. The van der Waals surface area contributed by atoms with Crippen LogP contribution in [0.25, 0.3) is 10.9 Å².